The van der Waals surface area contributed by atoms with Gasteiger partial charge in [-0.05, 0) is 24.6 Å². The SMILES string of the molecule is Cc1c(Cl)c(C(F)(F)F)nn1CC(=O)Nc1cnn(Cc2ccc(Cl)c(Cl)c2)c1. The number of nitrogens with zero attached hydrogens (tertiary/aromatic N) is 4. The first-order valence-corrected chi connectivity index (χ1v) is 9.24. The van der Waals surface area contributed by atoms with Gasteiger partial charge in [0.05, 0.1) is 39.2 Å². The van der Waals surface area contributed by atoms with Gasteiger partial charge in [-0.1, -0.05) is 40.9 Å². The van der Waals surface area contributed by atoms with Gasteiger partial charge in [-0.15, -0.1) is 0 Å². The minimum absolute atomic E-state index is 0.0458. The molecule has 3 aromatic rings. The molecule has 0 unspecified atom stereocenters. The number of hydrogen-bond acceptors (Lipinski definition) is 3. The van der Waals surface area contributed by atoms with E-state index in [1.807, 2.05) is 0 Å². The average Bonchev–Trinajstić information content (AvgIpc) is 3.17. The molecule has 0 saturated heterocycles. The number of rotatable bonds is 5. The molecule has 0 saturated carbocycles. The van der Waals surface area contributed by atoms with Crippen LogP contribution in [0, 0.1) is 6.92 Å². The lowest BCUT2D eigenvalue weighted by atomic mass is 10.2. The summed E-state index contributed by atoms with van der Waals surface area (Å²) in [5.41, 5.74) is 0.0484. The van der Waals surface area contributed by atoms with Gasteiger partial charge >= 0.3 is 6.18 Å². The highest BCUT2D eigenvalue weighted by Gasteiger charge is 2.38. The number of carbonyl (C=O) groups excluding carboxylic acids is 1. The molecule has 0 spiro atoms. The zero-order valence-corrected chi connectivity index (χ0v) is 17.0. The molecular weight excluding hydrogens is 454 g/mol. The number of benzene rings is 1. The summed E-state index contributed by atoms with van der Waals surface area (Å²) in [5.74, 6) is -0.574. The third-order valence-corrected chi connectivity index (χ3v) is 5.13. The smallest absolute Gasteiger partial charge is 0.322 e. The van der Waals surface area contributed by atoms with Crippen LogP contribution in [0.4, 0.5) is 18.9 Å². The highest BCUT2D eigenvalue weighted by Crippen LogP contribution is 2.35. The van der Waals surface area contributed by atoms with Crippen LogP contribution in [0.3, 0.4) is 0 Å². The fourth-order valence-electron chi connectivity index (χ4n) is 2.54. The summed E-state index contributed by atoms with van der Waals surface area (Å²) in [6, 6.07) is 5.15. The van der Waals surface area contributed by atoms with Gasteiger partial charge in [0, 0.05) is 6.20 Å². The van der Waals surface area contributed by atoms with E-state index in [0.717, 1.165) is 10.2 Å². The van der Waals surface area contributed by atoms with E-state index in [2.05, 4.69) is 15.5 Å². The van der Waals surface area contributed by atoms with Crippen LogP contribution in [0.15, 0.2) is 30.6 Å². The molecule has 0 bridgehead atoms. The third-order valence-electron chi connectivity index (χ3n) is 3.94. The monoisotopic (exact) mass is 465 g/mol. The maximum absolute atomic E-state index is 12.9. The Morgan fingerprint density at radius 2 is 1.93 bits per heavy atom. The Labute approximate surface area is 178 Å². The Hall–Kier alpha value is -2.23. The maximum Gasteiger partial charge on any atom is 0.436 e. The van der Waals surface area contributed by atoms with Crippen molar-refractivity contribution in [3.05, 3.63) is 62.6 Å². The van der Waals surface area contributed by atoms with Crippen LogP contribution in [0.2, 0.25) is 15.1 Å². The minimum atomic E-state index is -4.70. The number of nitrogens with one attached hydrogen (secondary N) is 1. The molecule has 0 radical (unpaired) electrons. The van der Waals surface area contributed by atoms with Gasteiger partial charge in [-0.25, -0.2) is 0 Å². The Bertz CT molecular complexity index is 1060. The van der Waals surface area contributed by atoms with Gasteiger partial charge in [0.1, 0.15) is 6.54 Å². The van der Waals surface area contributed by atoms with E-state index in [-0.39, 0.29) is 5.69 Å². The van der Waals surface area contributed by atoms with Crippen molar-refractivity contribution < 1.29 is 18.0 Å². The van der Waals surface area contributed by atoms with Gasteiger partial charge in [-0.3, -0.25) is 14.2 Å². The lowest BCUT2D eigenvalue weighted by Gasteiger charge is -2.05. The van der Waals surface area contributed by atoms with Crippen LogP contribution >= 0.6 is 34.8 Å². The van der Waals surface area contributed by atoms with Gasteiger partial charge in [0.2, 0.25) is 5.91 Å². The molecule has 29 heavy (non-hydrogen) atoms. The summed E-state index contributed by atoms with van der Waals surface area (Å²) < 4.78 is 41.1. The van der Waals surface area contributed by atoms with Crippen molar-refractivity contribution in [1.82, 2.24) is 19.6 Å². The minimum Gasteiger partial charge on any atom is -0.322 e. The molecule has 1 amide bonds. The third kappa shape index (κ3) is 5.04. The molecule has 12 heteroatoms. The van der Waals surface area contributed by atoms with E-state index in [1.165, 1.54) is 13.1 Å². The van der Waals surface area contributed by atoms with Crippen LogP contribution in [0.5, 0.6) is 0 Å². The average molecular weight is 467 g/mol. The highest BCUT2D eigenvalue weighted by molar-refractivity contribution is 6.42. The van der Waals surface area contributed by atoms with Crippen molar-refractivity contribution in [2.75, 3.05) is 5.32 Å². The molecule has 0 aliphatic rings. The Morgan fingerprint density at radius 1 is 1.21 bits per heavy atom. The van der Waals surface area contributed by atoms with E-state index < -0.39 is 29.3 Å². The first-order chi connectivity index (χ1) is 13.5. The standard InChI is InChI=1S/C17H13Cl3F3N5O/c1-9-15(20)16(17(21,22)23)26-28(9)8-14(29)25-11-5-24-27(7-11)6-10-2-3-12(18)13(19)4-10/h2-5,7H,6,8H2,1H3,(H,25,29). The Balaban J connectivity index is 1.66. The van der Waals surface area contributed by atoms with Crippen LogP contribution in [-0.4, -0.2) is 25.5 Å². The molecular formula is C17H13Cl3F3N5O. The second kappa shape index (κ2) is 8.25. The van der Waals surface area contributed by atoms with Crippen molar-refractivity contribution in [1.29, 1.82) is 0 Å². The van der Waals surface area contributed by atoms with E-state index in [9.17, 15) is 18.0 Å². The topological polar surface area (TPSA) is 64.7 Å². The first-order valence-electron chi connectivity index (χ1n) is 8.11. The molecule has 0 atom stereocenters. The molecule has 0 aliphatic carbocycles. The molecule has 1 N–H and O–H groups in total. The zero-order chi connectivity index (χ0) is 21.3. The molecule has 0 fully saturated rings. The number of aromatic nitrogens is 4. The van der Waals surface area contributed by atoms with Crippen molar-refractivity contribution in [3.63, 3.8) is 0 Å². The maximum atomic E-state index is 12.9. The lowest BCUT2D eigenvalue weighted by molar-refractivity contribution is -0.141. The summed E-state index contributed by atoms with van der Waals surface area (Å²) in [6.45, 7) is 1.31. The molecule has 2 aromatic heterocycles. The highest BCUT2D eigenvalue weighted by atomic mass is 35.5. The van der Waals surface area contributed by atoms with Crippen molar-refractivity contribution >= 4 is 46.4 Å². The van der Waals surface area contributed by atoms with Crippen molar-refractivity contribution in [3.8, 4) is 0 Å². The number of halogens is 6. The van der Waals surface area contributed by atoms with Gasteiger partial charge < -0.3 is 5.32 Å². The number of hydrogen-bond donors (Lipinski definition) is 1. The predicted octanol–water partition coefficient (Wildman–Crippen LogP) is 5.05. The van der Waals surface area contributed by atoms with E-state index >= 15 is 0 Å². The second-order valence-electron chi connectivity index (χ2n) is 6.13. The van der Waals surface area contributed by atoms with E-state index in [0.29, 0.717) is 22.3 Å². The fraction of sp³-hybridized carbons (Fsp3) is 0.235. The van der Waals surface area contributed by atoms with Crippen molar-refractivity contribution in [2.45, 2.75) is 26.2 Å². The summed E-state index contributed by atoms with van der Waals surface area (Å²) in [6.07, 6.45) is -1.71. The quantitative estimate of drug-likeness (QED) is 0.572. The molecule has 1 aromatic carbocycles. The largest absolute Gasteiger partial charge is 0.436 e. The summed E-state index contributed by atoms with van der Waals surface area (Å²) in [7, 11) is 0. The number of carbonyl (C=O) groups is 1. The second-order valence-corrected chi connectivity index (χ2v) is 7.32. The van der Waals surface area contributed by atoms with Crippen molar-refractivity contribution in [2.24, 2.45) is 0 Å². The molecule has 0 aliphatic heterocycles. The molecule has 154 valence electrons. The number of amides is 1. The number of anilines is 1. The zero-order valence-electron chi connectivity index (χ0n) is 14.8. The van der Waals surface area contributed by atoms with Crippen LogP contribution in [-0.2, 0) is 24.1 Å². The van der Waals surface area contributed by atoms with Crippen LogP contribution in [0.25, 0.3) is 0 Å². The predicted molar refractivity (Wildman–Crippen MR) is 103 cm³/mol. The molecule has 3 rings (SSSR count). The summed E-state index contributed by atoms with van der Waals surface area (Å²) >= 11 is 17.5. The van der Waals surface area contributed by atoms with Gasteiger partial charge in [0.25, 0.3) is 0 Å². The van der Waals surface area contributed by atoms with Crippen LogP contribution < -0.4 is 5.32 Å². The summed E-state index contributed by atoms with van der Waals surface area (Å²) in [5, 5.41) is 10.4. The van der Waals surface area contributed by atoms with Crippen LogP contribution in [0.1, 0.15) is 17.0 Å². The summed E-state index contributed by atoms with van der Waals surface area (Å²) in [4.78, 5) is 12.2. The van der Waals surface area contributed by atoms with E-state index in [1.54, 1.807) is 29.1 Å². The normalized spacial score (nSPS) is 11.7. The fourth-order valence-corrected chi connectivity index (χ4v) is 3.10. The Kier molecular flexibility index (Phi) is 6.11. The van der Waals surface area contributed by atoms with Gasteiger partial charge in [0.15, 0.2) is 5.69 Å². The van der Waals surface area contributed by atoms with Gasteiger partial charge in [-0.2, -0.15) is 23.4 Å². The molecule has 2 heterocycles. The number of alkyl halides is 3. The first kappa shape index (κ1) is 21.5. The van der Waals surface area contributed by atoms with E-state index in [4.69, 9.17) is 34.8 Å². The Morgan fingerprint density at radius 3 is 2.55 bits per heavy atom. The lowest BCUT2D eigenvalue weighted by Crippen LogP contribution is -2.20. The molecule has 6 nitrogen and oxygen atoms in total.